The largest absolute Gasteiger partial charge is 0.456 e. The minimum Gasteiger partial charge on any atom is -0.456 e. The number of furan rings is 2. The van der Waals surface area contributed by atoms with E-state index < -0.39 is 0 Å². The van der Waals surface area contributed by atoms with Crippen molar-refractivity contribution in [1.82, 2.24) is 9.97 Å². The molecule has 0 N–H and O–H groups in total. The van der Waals surface area contributed by atoms with Crippen LogP contribution in [-0.4, -0.2) is 9.97 Å². The van der Waals surface area contributed by atoms with E-state index in [0.717, 1.165) is 88.1 Å². The topological polar surface area (TPSA) is 52.1 Å². The van der Waals surface area contributed by atoms with Crippen LogP contribution < -0.4 is 0 Å². The third-order valence-corrected chi connectivity index (χ3v) is 9.38. The summed E-state index contributed by atoms with van der Waals surface area (Å²) < 4.78 is 13.2. The number of benzene rings is 7. The van der Waals surface area contributed by atoms with Gasteiger partial charge in [0.25, 0.3) is 0 Å². The molecule has 4 heteroatoms. The number of aryl methyl sites for hydroxylation is 2. The quantitative estimate of drug-likeness (QED) is 0.188. The first kappa shape index (κ1) is 25.3. The van der Waals surface area contributed by atoms with Gasteiger partial charge < -0.3 is 8.83 Å². The molecule has 0 aliphatic heterocycles. The Labute approximate surface area is 263 Å². The van der Waals surface area contributed by atoms with Crippen molar-refractivity contribution in [2.45, 2.75) is 13.8 Å². The fraction of sp³-hybridized carbons (Fsp3) is 0.0476. The number of hydrogen-bond acceptors (Lipinski definition) is 4. The lowest BCUT2D eigenvalue weighted by Gasteiger charge is -2.11. The third kappa shape index (κ3) is 3.55. The van der Waals surface area contributed by atoms with E-state index in [1.165, 1.54) is 21.9 Å². The van der Waals surface area contributed by atoms with Crippen molar-refractivity contribution in [3.05, 3.63) is 133 Å². The predicted octanol–water partition coefficient (Wildman–Crippen LogP) is 11.7. The summed E-state index contributed by atoms with van der Waals surface area (Å²) in [5.41, 5.74) is 11.5. The van der Waals surface area contributed by atoms with Crippen LogP contribution in [0.1, 0.15) is 11.1 Å². The first-order chi connectivity index (χ1) is 22.6. The van der Waals surface area contributed by atoms with Crippen molar-refractivity contribution in [2.75, 3.05) is 0 Å². The van der Waals surface area contributed by atoms with Gasteiger partial charge in [0.15, 0.2) is 0 Å². The molecule has 46 heavy (non-hydrogen) atoms. The summed E-state index contributed by atoms with van der Waals surface area (Å²) >= 11 is 0. The van der Waals surface area contributed by atoms with Crippen molar-refractivity contribution in [2.24, 2.45) is 0 Å². The van der Waals surface area contributed by atoms with E-state index in [1.54, 1.807) is 0 Å². The molecule has 10 rings (SSSR count). The Hall–Kier alpha value is -6.00. The average Bonchev–Trinajstić information content (AvgIpc) is 3.64. The highest BCUT2D eigenvalue weighted by atomic mass is 16.3. The second-order valence-electron chi connectivity index (χ2n) is 12.3. The van der Waals surface area contributed by atoms with Gasteiger partial charge >= 0.3 is 0 Å². The summed E-state index contributed by atoms with van der Waals surface area (Å²) in [6.07, 6.45) is 1.90. The van der Waals surface area contributed by atoms with Gasteiger partial charge in [-0.05, 0) is 66.6 Å². The highest BCUT2D eigenvalue weighted by Crippen LogP contribution is 2.46. The number of fused-ring (bicyclic) bond motifs is 12. The van der Waals surface area contributed by atoms with Gasteiger partial charge in [-0.1, -0.05) is 90.0 Å². The van der Waals surface area contributed by atoms with Crippen LogP contribution in [0.15, 0.2) is 130 Å². The Bertz CT molecular complexity index is 2850. The molecule has 3 aromatic heterocycles. The zero-order valence-corrected chi connectivity index (χ0v) is 25.3. The molecule has 0 atom stereocenters. The van der Waals surface area contributed by atoms with E-state index in [9.17, 15) is 0 Å². The number of hydrogen-bond donors (Lipinski definition) is 0. The fourth-order valence-corrected chi connectivity index (χ4v) is 7.27. The van der Waals surface area contributed by atoms with E-state index >= 15 is 0 Å². The van der Waals surface area contributed by atoms with Crippen molar-refractivity contribution < 1.29 is 8.83 Å². The van der Waals surface area contributed by atoms with E-state index in [2.05, 4.69) is 129 Å². The molecule has 0 bridgehead atoms. The number of rotatable bonds is 2. The first-order valence-corrected chi connectivity index (χ1v) is 15.6. The zero-order valence-electron chi connectivity index (χ0n) is 25.3. The van der Waals surface area contributed by atoms with Crippen molar-refractivity contribution >= 4 is 76.5 Å². The molecule has 0 saturated carbocycles. The molecule has 0 unspecified atom stereocenters. The summed E-state index contributed by atoms with van der Waals surface area (Å²) in [6, 6.07) is 40.4. The maximum Gasteiger partial charge on any atom is 0.144 e. The highest BCUT2D eigenvalue weighted by molar-refractivity contribution is 6.24. The fourth-order valence-electron chi connectivity index (χ4n) is 7.27. The highest BCUT2D eigenvalue weighted by Gasteiger charge is 2.22. The molecule has 7 aromatic carbocycles. The second kappa shape index (κ2) is 9.26. The van der Waals surface area contributed by atoms with Crippen molar-refractivity contribution in [1.29, 1.82) is 0 Å². The summed E-state index contributed by atoms with van der Waals surface area (Å²) in [5, 5.41) is 8.86. The summed E-state index contributed by atoms with van der Waals surface area (Å²) in [4.78, 5) is 10.3. The molecule has 0 saturated heterocycles. The minimum atomic E-state index is 0.825. The van der Waals surface area contributed by atoms with Crippen molar-refractivity contribution in [3.63, 3.8) is 0 Å². The molecular weight excluding hydrogens is 564 g/mol. The molecule has 0 fully saturated rings. The monoisotopic (exact) mass is 590 g/mol. The lowest BCUT2D eigenvalue weighted by Crippen LogP contribution is -1.92. The van der Waals surface area contributed by atoms with Crippen LogP contribution in [0.25, 0.3) is 98.8 Å². The Balaban J connectivity index is 1.27. The van der Waals surface area contributed by atoms with Crippen LogP contribution in [0.4, 0.5) is 0 Å². The number of nitrogens with zero attached hydrogens (tertiary/aromatic N) is 2. The van der Waals surface area contributed by atoms with Gasteiger partial charge in [0, 0.05) is 43.4 Å². The maximum absolute atomic E-state index is 6.67. The van der Waals surface area contributed by atoms with Gasteiger partial charge in [-0.3, -0.25) is 4.98 Å². The summed E-state index contributed by atoms with van der Waals surface area (Å²) in [7, 11) is 0. The molecule has 10 aromatic rings. The van der Waals surface area contributed by atoms with Crippen LogP contribution in [0.3, 0.4) is 0 Å². The maximum atomic E-state index is 6.67. The van der Waals surface area contributed by atoms with Crippen LogP contribution in [0, 0.1) is 13.8 Å². The van der Waals surface area contributed by atoms with E-state index in [0.29, 0.717) is 0 Å². The standard InChI is InChI=1S/C42H26N2O2/c1-23-14-16-35-31(18-23)32-21-37-39(33-19-24(2)15-17-36(33)45-37)38(42(32)46-35)26-9-7-8-25(20-26)34-22-43-40-29-12-5-3-10-27(29)28-11-4-6-13-30(28)41(40)44-34/h3-22H,1-2H3. The Morgan fingerprint density at radius 3 is 1.89 bits per heavy atom. The van der Waals surface area contributed by atoms with Crippen LogP contribution in [0.5, 0.6) is 0 Å². The third-order valence-electron chi connectivity index (χ3n) is 9.38. The van der Waals surface area contributed by atoms with Crippen LogP contribution in [0.2, 0.25) is 0 Å². The van der Waals surface area contributed by atoms with Gasteiger partial charge in [0.05, 0.1) is 22.9 Å². The van der Waals surface area contributed by atoms with Gasteiger partial charge in [0.2, 0.25) is 0 Å². The zero-order chi connectivity index (χ0) is 30.5. The molecule has 0 radical (unpaired) electrons. The molecule has 0 aliphatic carbocycles. The summed E-state index contributed by atoms with van der Waals surface area (Å²) in [5.74, 6) is 0. The molecule has 0 aliphatic rings. The van der Waals surface area contributed by atoms with Gasteiger partial charge in [-0.25, -0.2) is 4.98 Å². The van der Waals surface area contributed by atoms with Crippen molar-refractivity contribution in [3.8, 4) is 22.4 Å². The molecule has 216 valence electrons. The van der Waals surface area contributed by atoms with Gasteiger partial charge in [-0.2, -0.15) is 0 Å². The van der Waals surface area contributed by atoms with E-state index in [1.807, 2.05) is 6.20 Å². The van der Waals surface area contributed by atoms with Gasteiger partial charge in [-0.15, -0.1) is 0 Å². The second-order valence-corrected chi connectivity index (χ2v) is 12.3. The molecule has 0 amide bonds. The Kier molecular flexibility index (Phi) is 5.10. The van der Waals surface area contributed by atoms with E-state index in [-0.39, 0.29) is 0 Å². The molecule has 3 heterocycles. The Morgan fingerprint density at radius 2 is 1.13 bits per heavy atom. The first-order valence-electron chi connectivity index (χ1n) is 15.6. The lowest BCUT2D eigenvalue weighted by atomic mass is 9.94. The lowest BCUT2D eigenvalue weighted by molar-refractivity contribution is 0.664. The van der Waals surface area contributed by atoms with Crippen LogP contribution in [-0.2, 0) is 0 Å². The number of aromatic nitrogens is 2. The minimum absolute atomic E-state index is 0.825. The Morgan fingerprint density at radius 1 is 0.478 bits per heavy atom. The molecule has 4 nitrogen and oxygen atoms in total. The van der Waals surface area contributed by atoms with E-state index in [4.69, 9.17) is 18.8 Å². The smallest absolute Gasteiger partial charge is 0.144 e. The SMILES string of the molecule is Cc1ccc2oc3c(-c4cccc(-c5cnc6c7ccccc7c7ccccc7c6n5)c4)c4c(cc3c2c1)oc1ccc(C)cc14. The van der Waals surface area contributed by atoms with Gasteiger partial charge in [0.1, 0.15) is 22.3 Å². The molecule has 0 spiro atoms. The normalized spacial score (nSPS) is 12.1. The molecular formula is C42H26N2O2. The summed E-state index contributed by atoms with van der Waals surface area (Å²) in [6.45, 7) is 4.23. The van der Waals surface area contributed by atoms with Crippen LogP contribution >= 0.6 is 0 Å². The predicted molar refractivity (Wildman–Crippen MR) is 189 cm³/mol. The average molecular weight is 591 g/mol.